The van der Waals surface area contributed by atoms with Gasteiger partial charge in [0.1, 0.15) is 0 Å². The first-order valence-electron chi connectivity index (χ1n) is 8.55. The molecule has 0 radical (unpaired) electrons. The molecular weight excluding hydrogens is 420 g/mol. The number of halogens is 1. The molecule has 2 aliphatic rings. The molecule has 0 spiro atoms. The van der Waals surface area contributed by atoms with Crippen LogP contribution in [0, 0.1) is 11.8 Å². The van der Waals surface area contributed by atoms with Crippen LogP contribution in [0.4, 0.5) is 0 Å². The number of rotatable bonds is 3. The van der Waals surface area contributed by atoms with E-state index in [-0.39, 0.29) is 22.0 Å². The van der Waals surface area contributed by atoms with E-state index in [0.717, 1.165) is 5.56 Å². The minimum Gasteiger partial charge on any atom is -0.336 e. The summed E-state index contributed by atoms with van der Waals surface area (Å²) >= 11 is 16.3. The van der Waals surface area contributed by atoms with Crippen LogP contribution in [0.25, 0.3) is 0 Å². The van der Waals surface area contributed by atoms with Gasteiger partial charge in [0.05, 0.1) is 24.2 Å². The summed E-state index contributed by atoms with van der Waals surface area (Å²) in [6, 6.07) is 6.94. The van der Waals surface area contributed by atoms with Crippen molar-refractivity contribution in [3.63, 3.8) is 0 Å². The topological polar surface area (TPSA) is 117 Å². The molecular formula is C17H21ClN6O2S2. The highest BCUT2D eigenvalue weighted by atomic mass is 35.5. The lowest BCUT2D eigenvalue weighted by molar-refractivity contribution is -0.133. The largest absolute Gasteiger partial charge is 0.336 e. The van der Waals surface area contributed by atoms with Gasteiger partial charge in [-0.2, -0.15) is 0 Å². The average Bonchev–Trinajstić information content (AvgIpc) is 2.64. The highest BCUT2D eigenvalue weighted by Gasteiger charge is 2.50. The lowest BCUT2D eigenvalue weighted by Gasteiger charge is -2.47. The molecule has 1 aromatic carbocycles. The molecule has 1 aromatic rings. The molecule has 28 heavy (non-hydrogen) atoms. The second-order valence-corrected chi connectivity index (χ2v) is 8.13. The van der Waals surface area contributed by atoms with Gasteiger partial charge < -0.3 is 31.9 Å². The lowest BCUT2D eigenvalue weighted by Crippen LogP contribution is -2.68. The second kappa shape index (κ2) is 7.88. The number of nitrogens with two attached hydrogens (primary N) is 2. The van der Waals surface area contributed by atoms with E-state index in [1.807, 2.05) is 0 Å². The third kappa shape index (κ3) is 3.58. The van der Waals surface area contributed by atoms with Gasteiger partial charge in [-0.25, -0.2) is 0 Å². The molecule has 4 unspecified atom stereocenters. The molecule has 3 rings (SSSR count). The summed E-state index contributed by atoms with van der Waals surface area (Å²) in [5, 5.41) is 6.33. The average molecular weight is 441 g/mol. The summed E-state index contributed by atoms with van der Waals surface area (Å²) in [7, 11) is 3.39. The van der Waals surface area contributed by atoms with Crippen LogP contribution in [0.1, 0.15) is 11.5 Å². The van der Waals surface area contributed by atoms with Crippen molar-refractivity contribution in [1.29, 1.82) is 0 Å². The fraction of sp³-hybridized carbons (Fsp3) is 0.412. The Morgan fingerprint density at radius 2 is 1.32 bits per heavy atom. The zero-order valence-corrected chi connectivity index (χ0v) is 17.6. The van der Waals surface area contributed by atoms with Gasteiger partial charge in [-0.05, 0) is 42.1 Å². The quantitative estimate of drug-likeness (QED) is 0.482. The van der Waals surface area contributed by atoms with Crippen molar-refractivity contribution in [3.05, 3.63) is 34.9 Å². The summed E-state index contributed by atoms with van der Waals surface area (Å²) in [5.74, 6) is -2.89. The number of thiocarbonyl (C=S) groups is 2. The Kier molecular flexibility index (Phi) is 5.87. The molecule has 2 aliphatic heterocycles. The van der Waals surface area contributed by atoms with Crippen LogP contribution in [-0.2, 0) is 9.59 Å². The Morgan fingerprint density at radius 1 is 0.929 bits per heavy atom. The van der Waals surface area contributed by atoms with Crippen LogP contribution < -0.4 is 22.1 Å². The van der Waals surface area contributed by atoms with E-state index in [9.17, 15) is 9.59 Å². The van der Waals surface area contributed by atoms with Crippen LogP contribution in [-0.4, -0.2) is 58.3 Å². The number of carbonyl (C=O) groups excluding carboxylic acids is 2. The predicted octanol–water partition coefficient (Wildman–Crippen LogP) is -0.0814. The van der Waals surface area contributed by atoms with Crippen LogP contribution in [0.15, 0.2) is 24.3 Å². The Balaban J connectivity index is 2.11. The van der Waals surface area contributed by atoms with Gasteiger partial charge in [0.2, 0.25) is 11.8 Å². The van der Waals surface area contributed by atoms with E-state index in [1.165, 1.54) is 0 Å². The Hall–Kier alpha value is -1.85. The molecule has 2 amide bonds. The standard InChI is InChI=1S/C17H21ClN6O2S2/c1-23-12(19)10(14(25)21-16(23)27)9(7-3-5-8(18)6-4-7)11-13(20)24(2)17(28)22-15(11)26/h3-6,9-13H,19-20H2,1-2H3,(H,21,25,27)(H,22,26,28). The normalized spacial score (nSPS) is 29.5. The minimum atomic E-state index is -0.778. The zero-order valence-electron chi connectivity index (χ0n) is 15.3. The molecule has 0 aliphatic carbocycles. The second-order valence-electron chi connectivity index (χ2n) is 6.92. The van der Waals surface area contributed by atoms with Crippen molar-refractivity contribution in [2.75, 3.05) is 14.1 Å². The predicted molar refractivity (Wildman–Crippen MR) is 114 cm³/mol. The number of carbonyl (C=O) groups is 2. The van der Waals surface area contributed by atoms with Gasteiger partial charge in [0.15, 0.2) is 10.2 Å². The van der Waals surface area contributed by atoms with Crippen molar-refractivity contribution in [3.8, 4) is 0 Å². The monoisotopic (exact) mass is 440 g/mol. The maximum atomic E-state index is 12.9. The van der Waals surface area contributed by atoms with E-state index in [2.05, 4.69) is 10.6 Å². The molecule has 0 saturated carbocycles. The maximum Gasteiger partial charge on any atom is 0.233 e. The van der Waals surface area contributed by atoms with Crippen LogP contribution in [0.2, 0.25) is 5.02 Å². The Bertz CT molecular complexity index is 789. The molecule has 11 heteroatoms. The van der Waals surface area contributed by atoms with Gasteiger partial charge in [0.25, 0.3) is 0 Å². The molecule has 2 heterocycles. The van der Waals surface area contributed by atoms with Gasteiger partial charge in [-0.3, -0.25) is 9.59 Å². The summed E-state index contributed by atoms with van der Waals surface area (Å²) < 4.78 is 0. The van der Waals surface area contributed by atoms with Crippen LogP contribution >= 0.6 is 36.0 Å². The molecule has 0 aromatic heterocycles. The van der Waals surface area contributed by atoms with Crippen molar-refractivity contribution in [1.82, 2.24) is 20.4 Å². The molecule has 8 nitrogen and oxygen atoms in total. The first-order valence-corrected chi connectivity index (χ1v) is 9.75. The smallest absolute Gasteiger partial charge is 0.233 e. The first-order chi connectivity index (χ1) is 13.1. The SMILES string of the molecule is CN1C(=S)NC(=O)C(C(c2ccc(Cl)cc2)C2C(=O)NC(=S)N(C)C2N)C1N. The Labute approximate surface area is 178 Å². The Morgan fingerprint density at radius 3 is 1.71 bits per heavy atom. The van der Waals surface area contributed by atoms with Gasteiger partial charge in [-0.15, -0.1) is 0 Å². The van der Waals surface area contributed by atoms with E-state index >= 15 is 0 Å². The van der Waals surface area contributed by atoms with Gasteiger partial charge in [0, 0.05) is 25.0 Å². The van der Waals surface area contributed by atoms with E-state index in [0.29, 0.717) is 5.02 Å². The zero-order chi connectivity index (χ0) is 20.7. The van der Waals surface area contributed by atoms with Gasteiger partial charge in [-0.1, -0.05) is 23.7 Å². The van der Waals surface area contributed by atoms with Crippen molar-refractivity contribution >= 4 is 58.1 Å². The third-order valence-electron chi connectivity index (χ3n) is 5.37. The minimum absolute atomic E-state index is 0.235. The number of nitrogens with one attached hydrogen (secondary N) is 2. The fourth-order valence-electron chi connectivity index (χ4n) is 3.69. The number of amides is 2. The molecule has 0 bridgehead atoms. The number of hydrogen-bond acceptors (Lipinski definition) is 6. The van der Waals surface area contributed by atoms with Crippen molar-refractivity contribution in [2.45, 2.75) is 18.2 Å². The van der Waals surface area contributed by atoms with E-state index in [4.69, 9.17) is 47.5 Å². The van der Waals surface area contributed by atoms with Crippen LogP contribution in [0.3, 0.4) is 0 Å². The van der Waals surface area contributed by atoms with Crippen molar-refractivity contribution in [2.24, 2.45) is 23.3 Å². The maximum absolute atomic E-state index is 12.9. The first kappa shape index (κ1) is 20.9. The summed E-state index contributed by atoms with van der Waals surface area (Å²) in [6.07, 6.45) is -1.47. The molecule has 150 valence electrons. The molecule has 6 N–H and O–H groups in total. The summed E-state index contributed by atoms with van der Waals surface area (Å²) in [5.41, 5.74) is 13.5. The molecule has 2 saturated heterocycles. The number of benzene rings is 1. The van der Waals surface area contributed by atoms with E-state index in [1.54, 1.807) is 48.2 Å². The number of nitrogens with zero attached hydrogens (tertiary/aromatic N) is 2. The third-order valence-corrected chi connectivity index (χ3v) is 6.40. The van der Waals surface area contributed by atoms with E-state index < -0.39 is 30.1 Å². The highest BCUT2D eigenvalue weighted by Crippen LogP contribution is 2.39. The summed E-state index contributed by atoms with van der Waals surface area (Å²) in [4.78, 5) is 29.0. The van der Waals surface area contributed by atoms with Crippen molar-refractivity contribution < 1.29 is 9.59 Å². The molecule has 4 atom stereocenters. The summed E-state index contributed by atoms with van der Waals surface area (Å²) in [6.45, 7) is 0. The van der Waals surface area contributed by atoms with Gasteiger partial charge >= 0.3 is 0 Å². The highest BCUT2D eigenvalue weighted by molar-refractivity contribution is 7.80. The lowest BCUT2D eigenvalue weighted by atomic mass is 9.72. The number of hydrogen-bond donors (Lipinski definition) is 4. The molecule has 2 fully saturated rings. The van der Waals surface area contributed by atoms with Crippen LogP contribution in [0.5, 0.6) is 0 Å². The fourth-order valence-corrected chi connectivity index (χ4v) is 4.26.